The summed E-state index contributed by atoms with van der Waals surface area (Å²) in [6, 6.07) is 13.1. The van der Waals surface area contributed by atoms with E-state index in [1.807, 2.05) is 37.3 Å². The Hall–Kier alpha value is -3.15. The summed E-state index contributed by atoms with van der Waals surface area (Å²) in [5.41, 5.74) is 3.59. The molecule has 4 rings (SSSR count). The van der Waals surface area contributed by atoms with Crippen LogP contribution in [0.2, 0.25) is 0 Å². The van der Waals surface area contributed by atoms with Gasteiger partial charge in [0.15, 0.2) is 0 Å². The zero-order valence-corrected chi connectivity index (χ0v) is 14.7. The van der Waals surface area contributed by atoms with Crippen molar-refractivity contribution in [1.82, 2.24) is 9.97 Å². The molecule has 0 radical (unpaired) electrons. The van der Waals surface area contributed by atoms with Crippen molar-refractivity contribution in [1.29, 1.82) is 0 Å². The summed E-state index contributed by atoms with van der Waals surface area (Å²) in [5.74, 6) is 0.739. The van der Waals surface area contributed by atoms with Crippen molar-refractivity contribution in [2.75, 3.05) is 17.3 Å². The molecule has 2 heterocycles. The Balaban J connectivity index is 1.62. The van der Waals surface area contributed by atoms with E-state index >= 15 is 0 Å². The lowest BCUT2D eigenvalue weighted by Crippen LogP contribution is -2.31. The predicted octanol–water partition coefficient (Wildman–Crippen LogP) is 3.01. The van der Waals surface area contributed by atoms with Crippen molar-refractivity contribution in [2.45, 2.75) is 25.8 Å². The molecular weight excluding hydrogens is 328 g/mol. The van der Waals surface area contributed by atoms with E-state index in [4.69, 9.17) is 0 Å². The molecule has 0 saturated heterocycles. The molecule has 1 aromatic heterocycles. The van der Waals surface area contributed by atoms with Crippen molar-refractivity contribution in [3.8, 4) is 0 Å². The molecule has 3 aromatic rings. The molecule has 0 spiro atoms. The van der Waals surface area contributed by atoms with E-state index < -0.39 is 0 Å². The van der Waals surface area contributed by atoms with Gasteiger partial charge in [-0.25, -0.2) is 4.98 Å². The lowest BCUT2D eigenvalue weighted by molar-refractivity contribution is -0.118. The van der Waals surface area contributed by atoms with E-state index in [-0.39, 0.29) is 17.5 Å². The largest absolute Gasteiger partial charge is 0.375 e. The molecule has 0 unspecified atom stereocenters. The topological polar surface area (TPSA) is 78.1 Å². The number of benzene rings is 2. The second kappa shape index (κ2) is 6.29. The van der Waals surface area contributed by atoms with Crippen LogP contribution in [0.5, 0.6) is 0 Å². The molecule has 2 N–H and O–H groups in total. The van der Waals surface area contributed by atoms with Crippen LogP contribution in [0.15, 0.2) is 47.3 Å². The molecule has 132 valence electrons. The van der Waals surface area contributed by atoms with E-state index in [0.717, 1.165) is 23.4 Å². The maximum absolute atomic E-state index is 12.3. The van der Waals surface area contributed by atoms with E-state index in [1.165, 1.54) is 0 Å². The smallest absolute Gasteiger partial charge is 0.258 e. The summed E-state index contributed by atoms with van der Waals surface area (Å²) < 4.78 is 0. The minimum absolute atomic E-state index is 0.134. The number of fused-ring (bicyclic) bond motifs is 2. The van der Waals surface area contributed by atoms with Gasteiger partial charge in [0.2, 0.25) is 5.91 Å². The lowest BCUT2D eigenvalue weighted by atomic mass is 10.0. The fourth-order valence-corrected chi connectivity index (χ4v) is 3.37. The third kappa shape index (κ3) is 2.83. The van der Waals surface area contributed by atoms with Gasteiger partial charge in [0.25, 0.3) is 5.56 Å². The number of hydrogen-bond donors (Lipinski definition) is 2. The third-order valence-electron chi connectivity index (χ3n) is 4.85. The number of aromatic nitrogens is 2. The Bertz CT molecular complexity index is 1060. The van der Waals surface area contributed by atoms with E-state index in [0.29, 0.717) is 23.1 Å². The van der Waals surface area contributed by atoms with Gasteiger partial charge < -0.3 is 15.2 Å². The second-order valence-corrected chi connectivity index (χ2v) is 6.63. The highest BCUT2D eigenvalue weighted by molar-refractivity contribution is 5.96. The summed E-state index contributed by atoms with van der Waals surface area (Å²) in [4.78, 5) is 33.2. The number of nitrogens with zero attached hydrogens (tertiary/aromatic N) is 2. The number of para-hydroxylation sites is 1. The van der Waals surface area contributed by atoms with E-state index in [1.54, 1.807) is 18.0 Å². The Morgan fingerprint density at radius 1 is 1.15 bits per heavy atom. The molecule has 1 aliphatic heterocycles. The molecule has 0 fully saturated rings. The van der Waals surface area contributed by atoms with Crippen molar-refractivity contribution >= 4 is 28.2 Å². The second-order valence-electron chi connectivity index (χ2n) is 6.63. The average Bonchev–Trinajstić information content (AvgIpc) is 2.65. The van der Waals surface area contributed by atoms with Gasteiger partial charge in [-0.2, -0.15) is 0 Å². The number of carbonyl (C=O) groups excluding carboxylic acids is 1. The highest BCUT2D eigenvalue weighted by atomic mass is 16.2. The van der Waals surface area contributed by atoms with Crippen molar-refractivity contribution in [3.63, 3.8) is 0 Å². The average molecular weight is 348 g/mol. The van der Waals surface area contributed by atoms with Crippen molar-refractivity contribution < 1.29 is 4.79 Å². The maximum atomic E-state index is 12.3. The summed E-state index contributed by atoms with van der Waals surface area (Å²) in [6.07, 6.45) is 1.27. The number of anilines is 2. The molecule has 0 aliphatic carbocycles. The Kier molecular flexibility index (Phi) is 3.95. The van der Waals surface area contributed by atoms with Crippen LogP contribution in [0.4, 0.5) is 11.4 Å². The summed E-state index contributed by atoms with van der Waals surface area (Å²) in [5, 5.41) is 3.98. The Morgan fingerprint density at radius 2 is 1.96 bits per heavy atom. The van der Waals surface area contributed by atoms with Crippen LogP contribution in [0.1, 0.15) is 30.8 Å². The number of hydrogen-bond acceptors (Lipinski definition) is 4. The molecular formula is C20H20N4O2. The Labute approximate surface area is 150 Å². The number of rotatable bonds is 3. The molecule has 26 heavy (non-hydrogen) atoms. The normalized spacial score (nSPS) is 15.0. The molecule has 6 nitrogen and oxygen atoms in total. The van der Waals surface area contributed by atoms with E-state index in [9.17, 15) is 9.59 Å². The Morgan fingerprint density at radius 3 is 2.81 bits per heavy atom. The summed E-state index contributed by atoms with van der Waals surface area (Å²) in [6.45, 7) is 1.96. The van der Waals surface area contributed by atoms with Gasteiger partial charge in [-0.15, -0.1) is 0 Å². The molecule has 1 atom stereocenters. The number of amides is 1. The van der Waals surface area contributed by atoms with Crippen LogP contribution in [-0.4, -0.2) is 22.9 Å². The fraction of sp³-hybridized carbons (Fsp3) is 0.250. The number of nitrogens with one attached hydrogen (secondary N) is 2. The first kappa shape index (κ1) is 16.3. The van der Waals surface area contributed by atoms with Gasteiger partial charge in [0.1, 0.15) is 5.82 Å². The molecule has 1 aliphatic rings. The lowest BCUT2D eigenvalue weighted by Gasteiger charge is -2.26. The van der Waals surface area contributed by atoms with Gasteiger partial charge in [0, 0.05) is 24.8 Å². The van der Waals surface area contributed by atoms with Crippen LogP contribution < -0.4 is 15.8 Å². The number of aryl methyl sites for hydroxylation is 1. The van der Waals surface area contributed by atoms with Gasteiger partial charge in [-0.05, 0) is 49.2 Å². The van der Waals surface area contributed by atoms with E-state index in [2.05, 4.69) is 21.4 Å². The van der Waals surface area contributed by atoms with Gasteiger partial charge >= 0.3 is 0 Å². The van der Waals surface area contributed by atoms with Gasteiger partial charge in [-0.1, -0.05) is 12.1 Å². The fourth-order valence-electron chi connectivity index (χ4n) is 3.37. The van der Waals surface area contributed by atoms with Crippen LogP contribution >= 0.6 is 0 Å². The number of H-pyrrole nitrogens is 1. The summed E-state index contributed by atoms with van der Waals surface area (Å²) >= 11 is 0. The minimum atomic E-state index is -0.159. The zero-order valence-electron chi connectivity index (χ0n) is 14.7. The summed E-state index contributed by atoms with van der Waals surface area (Å²) in [7, 11) is 1.81. The van der Waals surface area contributed by atoms with Crippen LogP contribution in [0, 0.1) is 0 Å². The minimum Gasteiger partial charge on any atom is -0.375 e. The molecule has 2 aromatic carbocycles. The first-order chi connectivity index (χ1) is 12.5. The molecule has 1 amide bonds. The highest BCUT2D eigenvalue weighted by Gasteiger charge is 2.21. The first-order valence-corrected chi connectivity index (χ1v) is 8.68. The van der Waals surface area contributed by atoms with Crippen molar-refractivity contribution in [3.05, 3.63) is 64.2 Å². The van der Waals surface area contributed by atoms with Crippen LogP contribution in [0.25, 0.3) is 10.9 Å². The number of carbonyl (C=O) groups is 1. The SMILES string of the molecule is C[C@@H](Nc1ccc2c(c1)CCC(=O)N2C)c1nc2ccccc2c(=O)[nH]1. The standard InChI is InChI=1S/C20H20N4O2/c1-12(19-22-16-6-4-3-5-15(16)20(26)23-19)21-14-8-9-17-13(11-14)7-10-18(25)24(17)2/h3-6,8-9,11-12,21H,7,10H2,1-2H3,(H,22,23,26)/t12-/m1/s1. The molecule has 0 bridgehead atoms. The maximum Gasteiger partial charge on any atom is 0.258 e. The van der Waals surface area contributed by atoms with Crippen LogP contribution in [0.3, 0.4) is 0 Å². The predicted molar refractivity (Wildman–Crippen MR) is 103 cm³/mol. The zero-order chi connectivity index (χ0) is 18.3. The monoisotopic (exact) mass is 348 g/mol. The van der Waals surface area contributed by atoms with Gasteiger partial charge in [-0.3, -0.25) is 9.59 Å². The molecule has 0 saturated carbocycles. The number of aromatic amines is 1. The first-order valence-electron chi connectivity index (χ1n) is 8.68. The highest BCUT2D eigenvalue weighted by Crippen LogP contribution is 2.30. The van der Waals surface area contributed by atoms with Crippen molar-refractivity contribution in [2.24, 2.45) is 0 Å². The quantitative estimate of drug-likeness (QED) is 0.763. The van der Waals surface area contributed by atoms with Crippen LogP contribution in [-0.2, 0) is 11.2 Å². The third-order valence-corrected chi connectivity index (χ3v) is 4.85. The molecule has 6 heteroatoms. The van der Waals surface area contributed by atoms with Gasteiger partial charge in [0.05, 0.1) is 16.9 Å².